The number of hydrogen-bond donors (Lipinski definition) is 0. The molecule has 0 aliphatic carbocycles. The summed E-state index contributed by atoms with van der Waals surface area (Å²) in [6.45, 7) is 1.82. The lowest BCUT2D eigenvalue weighted by Crippen LogP contribution is -1.89. The Hall–Kier alpha value is -1.28. The largest absolute Gasteiger partial charge is 0.457 e. The quantitative estimate of drug-likeness (QED) is 0.693. The van der Waals surface area contributed by atoms with Crippen LogP contribution in [0.4, 0.5) is 0 Å². The number of hydrogen-bond acceptors (Lipinski definition) is 2. The van der Waals surface area contributed by atoms with E-state index in [0.29, 0.717) is 6.61 Å². The van der Waals surface area contributed by atoms with E-state index in [1.807, 2.05) is 36.4 Å². The van der Waals surface area contributed by atoms with Crippen LogP contribution in [-0.2, 0) is 9.53 Å². The fraction of sp³-hybridized carbons (Fsp3) is 0.250. The predicted molar refractivity (Wildman–Crippen MR) is 61.4 cm³/mol. The van der Waals surface area contributed by atoms with Crippen molar-refractivity contribution in [2.75, 3.05) is 6.61 Å². The Morgan fingerprint density at radius 1 is 1.33 bits per heavy atom. The zero-order valence-electron chi connectivity index (χ0n) is 8.28. The van der Waals surface area contributed by atoms with E-state index < -0.39 is 0 Å². The van der Waals surface area contributed by atoms with Gasteiger partial charge >= 0.3 is 6.47 Å². The molecule has 3 heteroatoms. The van der Waals surface area contributed by atoms with Crippen molar-refractivity contribution in [3.8, 4) is 0 Å². The molecule has 1 aromatic carbocycles. The summed E-state index contributed by atoms with van der Waals surface area (Å²) >= 11 is 5.75. The van der Waals surface area contributed by atoms with Crippen LogP contribution in [0.15, 0.2) is 30.3 Å². The van der Waals surface area contributed by atoms with Crippen LogP contribution in [0.1, 0.15) is 18.4 Å². The zero-order chi connectivity index (χ0) is 10.9. The Bertz CT molecular complexity index is 317. The fourth-order valence-electron chi connectivity index (χ4n) is 1.11. The van der Waals surface area contributed by atoms with Crippen molar-refractivity contribution in [1.82, 2.24) is 0 Å². The minimum Gasteiger partial charge on any atom is -0.457 e. The van der Waals surface area contributed by atoms with Crippen LogP contribution >= 0.6 is 11.6 Å². The van der Waals surface area contributed by atoms with Crippen molar-refractivity contribution in [1.29, 1.82) is 0 Å². The minimum atomic E-state index is 0.425. The maximum absolute atomic E-state index is 9.71. The first-order valence-corrected chi connectivity index (χ1v) is 5.12. The summed E-state index contributed by atoms with van der Waals surface area (Å²) in [5.74, 6) is 0. The predicted octanol–water partition coefficient (Wildman–Crippen LogP) is 3.22. The highest BCUT2D eigenvalue weighted by Gasteiger charge is 1.88. The molecule has 79 valence electrons. The van der Waals surface area contributed by atoms with E-state index in [2.05, 4.69) is 4.74 Å². The second-order valence-electron chi connectivity index (χ2n) is 3.03. The summed E-state index contributed by atoms with van der Waals surface area (Å²) < 4.78 is 4.44. The maximum atomic E-state index is 9.71. The Morgan fingerprint density at radius 3 is 2.73 bits per heavy atom. The van der Waals surface area contributed by atoms with Crippen molar-refractivity contribution in [3.05, 3.63) is 40.9 Å². The molecule has 0 saturated carbocycles. The molecule has 1 radical (unpaired) electrons. The molecule has 15 heavy (non-hydrogen) atoms. The SMILES string of the molecule is O=[C]OCCCC=Cc1ccc(Cl)cc1. The van der Waals surface area contributed by atoms with Gasteiger partial charge in [0.15, 0.2) is 0 Å². The second-order valence-corrected chi connectivity index (χ2v) is 3.46. The van der Waals surface area contributed by atoms with E-state index in [4.69, 9.17) is 11.6 Å². The molecule has 2 nitrogen and oxygen atoms in total. The highest BCUT2D eigenvalue weighted by molar-refractivity contribution is 6.30. The van der Waals surface area contributed by atoms with Crippen molar-refractivity contribution in [2.45, 2.75) is 12.8 Å². The minimum absolute atomic E-state index is 0.425. The molecule has 0 aliphatic rings. The van der Waals surface area contributed by atoms with Crippen LogP contribution in [0, 0.1) is 0 Å². The molecule has 0 saturated heterocycles. The topological polar surface area (TPSA) is 26.3 Å². The summed E-state index contributed by atoms with van der Waals surface area (Å²) in [5.41, 5.74) is 1.11. The van der Waals surface area contributed by atoms with Gasteiger partial charge in [-0.2, -0.15) is 0 Å². The summed E-state index contributed by atoms with van der Waals surface area (Å²) in [4.78, 5) is 9.71. The molecule has 0 N–H and O–H groups in total. The third-order valence-electron chi connectivity index (χ3n) is 1.86. The third-order valence-corrected chi connectivity index (χ3v) is 2.11. The van der Waals surface area contributed by atoms with Crippen LogP contribution in [0.5, 0.6) is 0 Å². The van der Waals surface area contributed by atoms with Gasteiger partial charge in [-0.15, -0.1) is 0 Å². The fourth-order valence-corrected chi connectivity index (χ4v) is 1.23. The third kappa shape index (κ3) is 5.23. The second kappa shape index (κ2) is 7.07. The first-order valence-electron chi connectivity index (χ1n) is 4.74. The number of halogens is 1. The Balaban J connectivity index is 2.25. The number of rotatable bonds is 6. The number of benzene rings is 1. The van der Waals surface area contributed by atoms with E-state index in [0.717, 1.165) is 23.4 Å². The highest BCUT2D eigenvalue weighted by Crippen LogP contribution is 2.10. The first kappa shape index (κ1) is 11.8. The molecule has 0 amide bonds. The molecule has 0 fully saturated rings. The van der Waals surface area contributed by atoms with Crippen LogP contribution in [0.25, 0.3) is 6.08 Å². The van der Waals surface area contributed by atoms with E-state index in [9.17, 15) is 4.79 Å². The van der Waals surface area contributed by atoms with Gasteiger partial charge in [0.05, 0.1) is 6.61 Å². The molecule has 0 aliphatic heterocycles. The molecule has 0 atom stereocenters. The van der Waals surface area contributed by atoms with Gasteiger partial charge in [-0.25, -0.2) is 4.79 Å². The van der Waals surface area contributed by atoms with Gasteiger partial charge in [-0.05, 0) is 30.5 Å². The van der Waals surface area contributed by atoms with Gasteiger partial charge < -0.3 is 4.74 Å². The van der Waals surface area contributed by atoms with Crippen molar-refractivity contribution in [3.63, 3.8) is 0 Å². The van der Waals surface area contributed by atoms with Gasteiger partial charge in [-0.1, -0.05) is 35.9 Å². The number of carbonyl (C=O) groups excluding carboxylic acids is 1. The first-order chi connectivity index (χ1) is 7.33. The van der Waals surface area contributed by atoms with Crippen LogP contribution in [0.2, 0.25) is 5.02 Å². The van der Waals surface area contributed by atoms with E-state index in [1.165, 1.54) is 6.47 Å². The molecule has 0 spiro atoms. The van der Waals surface area contributed by atoms with Crippen LogP contribution in [-0.4, -0.2) is 13.1 Å². The summed E-state index contributed by atoms with van der Waals surface area (Å²) in [7, 11) is 0. The lowest BCUT2D eigenvalue weighted by Gasteiger charge is -1.95. The summed E-state index contributed by atoms with van der Waals surface area (Å²) in [5, 5.41) is 0.738. The maximum Gasteiger partial charge on any atom is 0.417 e. The average Bonchev–Trinajstić information content (AvgIpc) is 2.26. The summed E-state index contributed by atoms with van der Waals surface area (Å²) in [6.07, 6.45) is 5.75. The normalized spacial score (nSPS) is 10.5. The molecular weight excluding hydrogens is 212 g/mol. The Morgan fingerprint density at radius 2 is 2.07 bits per heavy atom. The van der Waals surface area contributed by atoms with Crippen molar-refractivity contribution >= 4 is 24.1 Å². The lowest BCUT2D eigenvalue weighted by atomic mass is 10.2. The van der Waals surface area contributed by atoms with Gasteiger partial charge in [-0.3, -0.25) is 0 Å². The van der Waals surface area contributed by atoms with Gasteiger partial charge in [0.25, 0.3) is 0 Å². The molecular formula is C12H12ClO2. The number of allylic oxidation sites excluding steroid dienone is 1. The molecule has 0 unspecified atom stereocenters. The molecule has 0 bridgehead atoms. The van der Waals surface area contributed by atoms with Gasteiger partial charge in [0.1, 0.15) is 0 Å². The smallest absolute Gasteiger partial charge is 0.417 e. The Labute approximate surface area is 94.5 Å². The lowest BCUT2D eigenvalue weighted by molar-refractivity contribution is 0.274. The highest BCUT2D eigenvalue weighted by atomic mass is 35.5. The number of ether oxygens (including phenoxy) is 1. The zero-order valence-corrected chi connectivity index (χ0v) is 9.04. The molecule has 1 aromatic rings. The van der Waals surface area contributed by atoms with E-state index in [-0.39, 0.29) is 0 Å². The van der Waals surface area contributed by atoms with Crippen LogP contribution in [0.3, 0.4) is 0 Å². The van der Waals surface area contributed by atoms with Gasteiger partial charge in [0.2, 0.25) is 0 Å². The average molecular weight is 224 g/mol. The van der Waals surface area contributed by atoms with Crippen LogP contribution < -0.4 is 0 Å². The van der Waals surface area contributed by atoms with E-state index in [1.54, 1.807) is 0 Å². The van der Waals surface area contributed by atoms with Crippen molar-refractivity contribution < 1.29 is 9.53 Å². The van der Waals surface area contributed by atoms with E-state index >= 15 is 0 Å². The summed E-state index contributed by atoms with van der Waals surface area (Å²) in [6, 6.07) is 7.61. The Kier molecular flexibility index (Phi) is 5.56. The number of unbranched alkanes of at least 4 members (excludes halogenated alkanes) is 1. The molecule has 0 aromatic heterocycles. The standard InChI is InChI=1S/C12H12ClO2/c13-12-7-5-11(6-8-12)4-2-1-3-9-15-10-14/h2,4-8H,1,3,9H2. The molecule has 0 heterocycles. The van der Waals surface area contributed by atoms with Crippen molar-refractivity contribution in [2.24, 2.45) is 0 Å². The van der Waals surface area contributed by atoms with Gasteiger partial charge in [0, 0.05) is 5.02 Å². The monoisotopic (exact) mass is 223 g/mol. The molecule has 1 rings (SSSR count).